The summed E-state index contributed by atoms with van der Waals surface area (Å²) in [5.74, 6) is 0. The summed E-state index contributed by atoms with van der Waals surface area (Å²) in [7, 11) is -5.17. The molecule has 10 heteroatoms. The van der Waals surface area contributed by atoms with Gasteiger partial charge in [0.2, 0.25) is 0 Å². The van der Waals surface area contributed by atoms with Crippen molar-refractivity contribution in [2.45, 2.75) is 0 Å². The first kappa shape index (κ1) is 16.5. The van der Waals surface area contributed by atoms with Crippen molar-refractivity contribution in [3.63, 3.8) is 0 Å². The van der Waals surface area contributed by atoms with E-state index in [9.17, 15) is 0 Å². The molecule has 0 saturated heterocycles. The van der Waals surface area contributed by atoms with E-state index in [1.807, 2.05) is 0 Å². The first-order chi connectivity index (χ1) is 3.73. The summed E-state index contributed by atoms with van der Waals surface area (Å²) in [6, 6.07) is 0. The maximum atomic E-state index is 8.52. The van der Waals surface area contributed by atoms with Crippen LogP contribution in [0.15, 0.2) is 0 Å². The zero-order valence-corrected chi connectivity index (χ0v) is 8.92. The molecule has 0 heterocycles. The first-order valence-corrected chi connectivity index (χ1v) is 2.55. The van der Waals surface area contributed by atoms with Crippen LogP contribution in [0.3, 0.4) is 0 Å². The summed E-state index contributed by atoms with van der Waals surface area (Å²) in [6.07, 6.45) is 0. The molecule has 0 spiro atoms. The predicted octanol–water partition coefficient (Wildman–Crippen LogP) is -1.96. The average molecular weight is 365 g/mol. The second kappa shape index (κ2) is 7.10. The third-order valence-corrected chi connectivity index (χ3v) is 0. The van der Waals surface area contributed by atoms with Gasteiger partial charge in [0, 0.05) is 37.7 Å². The van der Waals surface area contributed by atoms with Crippen molar-refractivity contribution in [2.24, 2.45) is 0 Å². The quantitative estimate of drug-likeness (QED) is 0.159. The zero-order chi connectivity index (χ0) is 8.08. The van der Waals surface area contributed by atoms with E-state index in [1.54, 1.807) is 0 Å². The Hall–Kier alpha value is -0.00792. The van der Waals surface area contributed by atoms with Crippen LogP contribution in [0.2, 0.25) is 0 Å². The minimum absolute atomic E-state index is 0. The van der Waals surface area contributed by atoms with E-state index < -0.39 is 15.5 Å². The molecule has 0 bridgehead atoms. The topological polar surface area (TPSA) is 146 Å². The van der Waals surface area contributed by atoms with E-state index in [2.05, 4.69) is 0 Å². The SMILES string of the molecule is O=S(=O)([O-])[O-].O=[N+]([O-])[O-].[Pb]. The fraction of sp³-hybridized carbons (Fsp3) is 0. The van der Waals surface area contributed by atoms with Gasteiger partial charge in [0.05, 0.1) is 5.09 Å². The summed E-state index contributed by atoms with van der Waals surface area (Å²) in [5.41, 5.74) is 0. The van der Waals surface area contributed by atoms with E-state index in [4.69, 9.17) is 32.8 Å². The van der Waals surface area contributed by atoms with E-state index in [-0.39, 0.29) is 27.3 Å². The second-order valence-corrected chi connectivity index (χ2v) is 1.45. The molecule has 0 atom stereocenters. The molecule has 0 aliphatic rings. The van der Waals surface area contributed by atoms with Crippen LogP contribution in [0.5, 0.6) is 0 Å². The van der Waals surface area contributed by atoms with Crippen LogP contribution < -0.4 is 0 Å². The Bertz CT molecular complexity index is 156. The summed E-state index contributed by atoms with van der Waals surface area (Å²) in [5, 5.41) is 14.8. The second-order valence-electron chi connectivity index (χ2n) is 0.632. The van der Waals surface area contributed by atoms with Gasteiger partial charge in [-0.25, -0.2) is 0 Å². The molecule has 0 aromatic carbocycles. The fourth-order valence-electron chi connectivity index (χ4n) is 0. The standard InChI is InChI=1S/NO3.H2O4S.Pb/c2-1(3)4;1-5(2,3)4;/h;(H2,1,2,3,4);/q-1;;/p-2. The molecule has 4 radical (unpaired) electrons. The van der Waals surface area contributed by atoms with Gasteiger partial charge in [0.1, 0.15) is 0 Å². The molecule has 0 aliphatic carbocycles. The van der Waals surface area contributed by atoms with E-state index >= 15 is 0 Å². The molecule has 0 aliphatic heterocycles. The molecule has 8 nitrogen and oxygen atoms in total. The number of nitrogens with zero attached hydrogens (tertiary/aromatic N) is 1. The van der Waals surface area contributed by atoms with Gasteiger partial charge in [-0.05, 0) is 0 Å². The van der Waals surface area contributed by atoms with Crippen molar-refractivity contribution >= 4 is 37.7 Å². The van der Waals surface area contributed by atoms with Gasteiger partial charge in [-0.1, -0.05) is 0 Å². The van der Waals surface area contributed by atoms with Crippen molar-refractivity contribution < 1.29 is 22.6 Å². The molecule has 0 N–H and O–H groups in total. The summed E-state index contributed by atoms with van der Waals surface area (Å²) >= 11 is 0. The molecule has 60 valence electrons. The van der Waals surface area contributed by atoms with Gasteiger partial charge >= 0.3 is 0 Å². The average Bonchev–Trinajstić information content (AvgIpc) is 1.19. The predicted molar refractivity (Wildman–Crippen MR) is 26.6 cm³/mol. The molecule has 0 aromatic heterocycles. The van der Waals surface area contributed by atoms with Crippen molar-refractivity contribution in [3.8, 4) is 0 Å². The van der Waals surface area contributed by atoms with Crippen molar-refractivity contribution in [3.05, 3.63) is 15.3 Å². The Morgan fingerprint density at radius 2 is 1.10 bits per heavy atom. The van der Waals surface area contributed by atoms with Crippen molar-refractivity contribution in [1.29, 1.82) is 0 Å². The van der Waals surface area contributed by atoms with Crippen LogP contribution in [0.1, 0.15) is 0 Å². The van der Waals surface area contributed by atoms with Gasteiger partial charge in [0.25, 0.3) is 0 Å². The normalized spacial score (nSPS) is 8.20. The minimum Gasteiger partial charge on any atom is -0.759 e. The smallest absolute Gasteiger partial charge is 0.0689 e. The van der Waals surface area contributed by atoms with Crippen molar-refractivity contribution in [1.82, 2.24) is 0 Å². The Kier molecular flexibility index (Phi) is 11.7. The van der Waals surface area contributed by atoms with E-state index in [1.165, 1.54) is 0 Å². The number of hydrogen-bond donors (Lipinski definition) is 0. The third kappa shape index (κ3) is 6230000. The largest absolute Gasteiger partial charge is 0.759 e. The summed E-state index contributed by atoms with van der Waals surface area (Å²) in [6.45, 7) is 0. The molecule has 0 saturated carbocycles. The fourth-order valence-corrected chi connectivity index (χ4v) is 0. The van der Waals surface area contributed by atoms with Gasteiger partial charge in [-0.3, -0.25) is 8.42 Å². The molecule has 0 rings (SSSR count). The van der Waals surface area contributed by atoms with Crippen LogP contribution in [-0.2, 0) is 10.4 Å². The van der Waals surface area contributed by atoms with Crippen LogP contribution in [-0.4, -0.2) is 49.9 Å². The number of rotatable bonds is 0. The minimum atomic E-state index is -5.17. The molecular formula is NO7PbS-3. The van der Waals surface area contributed by atoms with Crippen molar-refractivity contribution in [2.75, 3.05) is 0 Å². The molecule has 10 heavy (non-hydrogen) atoms. The van der Waals surface area contributed by atoms with Gasteiger partial charge in [0.15, 0.2) is 0 Å². The van der Waals surface area contributed by atoms with Crippen LogP contribution in [0, 0.1) is 15.3 Å². The molecule has 0 amide bonds. The molecule has 0 unspecified atom stereocenters. The zero-order valence-electron chi connectivity index (χ0n) is 4.21. The van der Waals surface area contributed by atoms with E-state index in [0.717, 1.165) is 0 Å². The maximum absolute atomic E-state index is 8.52. The van der Waals surface area contributed by atoms with Crippen LogP contribution in [0.4, 0.5) is 0 Å². The molecule has 0 fully saturated rings. The summed E-state index contributed by atoms with van der Waals surface area (Å²) < 4.78 is 34.1. The molecular weight excluding hydrogens is 365 g/mol. The Labute approximate surface area is 75.7 Å². The first-order valence-electron chi connectivity index (χ1n) is 1.21. The summed E-state index contributed by atoms with van der Waals surface area (Å²) in [4.78, 5) is 8.25. The Morgan fingerprint density at radius 3 is 1.10 bits per heavy atom. The van der Waals surface area contributed by atoms with Gasteiger partial charge in [-0.15, -0.1) is 0 Å². The van der Waals surface area contributed by atoms with Crippen LogP contribution >= 0.6 is 0 Å². The number of hydrogen-bond acceptors (Lipinski definition) is 7. The van der Waals surface area contributed by atoms with Gasteiger partial charge < -0.3 is 24.4 Å². The Balaban J connectivity index is -0.0000000910. The maximum Gasteiger partial charge on any atom is 0.0689 e. The molecule has 0 aromatic rings. The Morgan fingerprint density at radius 1 is 1.10 bits per heavy atom. The van der Waals surface area contributed by atoms with Gasteiger partial charge in [-0.2, -0.15) is 0 Å². The monoisotopic (exact) mass is 366 g/mol. The third-order valence-electron chi connectivity index (χ3n) is 0. The van der Waals surface area contributed by atoms with Crippen LogP contribution in [0.25, 0.3) is 0 Å². The van der Waals surface area contributed by atoms with E-state index in [0.29, 0.717) is 0 Å².